The molecule has 14 heteroatoms. The highest BCUT2D eigenvalue weighted by molar-refractivity contribution is 7.91. The van der Waals surface area contributed by atoms with Gasteiger partial charge in [0, 0.05) is 24.2 Å². The Balaban J connectivity index is 1.89. The summed E-state index contributed by atoms with van der Waals surface area (Å²) in [6.45, 7) is 1.97. The summed E-state index contributed by atoms with van der Waals surface area (Å²) < 4.78 is 68.6. The van der Waals surface area contributed by atoms with Crippen molar-refractivity contribution < 1.29 is 21.6 Å². The molecule has 0 spiro atoms. The molecule has 2 aromatic carbocycles. The number of halogens is 5. The van der Waals surface area contributed by atoms with E-state index in [1.54, 1.807) is 7.05 Å². The van der Waals surface area contributed by atoms with Crippen molar-refractivity contribution in [3.05, 3.63) is 71.8 Å². The standard InChI is InChI=1S/C25H27Cl2F3N4O4S/c1-3-39(37,38)20-7-6-15(26)9-14(20)12-34-23(35)17-10-19(25(28,29)30)18(21(27)22(17)32-24(34)36)13-33-8-4-5-16(33)11-31-2/h6-7,9-10,16,31H,3-5,8,11-13H2,1-2H3,(H,32,36). The van der Waals surface area contributed by atoms with Gasteiger partial charge in [0.2, 0.25) is 0 Å². The van der Waals surface area contributed by atoms with Crippen LogP contribution in [0.15, 0.2) is 38.8 Å². The number of likely N-dealkylation sites (tertiary alicyclic amines) is 1. The molecule has 0 amide bonds. The summed E-state index contributed by atoms with van der Waals surface area (Å²) >= 11 is 12.5. The highest BCUT2D eigenvalue weighted by atomic mass is 35.5. The third-order valence-electron chi connectivity index (χ3n) is 6.99. The van der Waals surface area contributed by atoms with Crippen LogP contribution in [0, 0.1) is 0 Å². The summed E-state index contributed by atoms with van der Waals surface area (Å²) in [5, 5.41) is 2.41. The van der Waals surface area contributed by atoms with Crippen molar-refractivity contribution in [2.45, 2.75) is 50.0 Å². The van der Waals surface area contributed by atoms with Crippen LogP contribution in [-0.2, 0) is 29.1 Å². The molecule has 0 saturated carbocycles. The first kappa shape index (κ1) is 29.6. The van der Waals surface area contributed by atoms with Gasteiger partial charge in [-0.2, -0.15) is 13.2 Å². The van der Waals surface area contributed by atoms with E-state index in [2.05, 4.69) is 10.3 Å². The molecule has 212 valence electrons. The number of rotatable bonds is 8. The number of nitrogens with one attached hydrogen (secondary N) is 2. The van der Waals surface area contributed by atoms with Crippen LogP contribution >= 0.6 is 23.2 Å². The second-order valence-corrected chi connectivity index (χ2v) is 12.5. The van der Waals surface area contributed by atoms with E-state index in [-0.39, 0.29) is 49.9 Å². The zero-order valence-corrected chi connectivity index (χ0v) is 23.5. The van der Waals surface area contributed by atoms with Crippen LogP contribution in [-0.4, -0.2) is 54.8 Å². The van der Waals surface area contributed by atoms with Crippen molar-refractivity contribution in [3.8, 4) is 0 Å². The lowest BCUT2D eigenvalue weighted by atomic mass is 10.0. The molecule has 1 aliphatic rings. The van der Waals surface area contributed by atoms with Crippen molar-refractivity contribution in [1.82, 2.24) is 19.8 Å². The molecular weight excluding hydrogens is 580 g/mol. The van der Waals surface area contributed by atoms with E-state index in [1.807, 2.05) is 4.90 Å². The summed E-state index contributed by atoms with van der Waals surface area (Å²) in [5.41, 5.74) is -3.43. The van der Waals surface area contributed by atoms with Crippen molar-refractivity contribution in [3.63, 3.8) is 0 Å². The van der Waals surface area contributed by atoms with Crippen molar-refractivity contribution in [1.29, 1.82) is 0 Å². The molecule has 1 fully saturated rings. The number of fused-ring (bicyclic) bond motifs is 1. The van der Waals surface area contributed by atoms with Gasteiger partial charge in [0.25, 0.3) is 5.56 Å². The van der Waals surface area contributed by atoms with Gasteiger partial charge in [-0.15, -0.1) is 0 Å². The zero-order valence-electron chi connectivity index (χ0n) is 21.2. The van der Waals surface area contributed by atoms with Gasteiger partial charge in [0.05, 0.1) is 38.7 Å². The predicted molar refractivity (Wildman–Crippen MR) is 144 cm³/mol. The third kappa shape index (κ3) is 5.90. The topological polar surface area (TPSA) is 104 Å². The first-order valence-corrected chi connectivity index (χ1v) is 14.6. The number of nitrogens with zero attached hydrogens (tertiary/aromatic N) is 2. The molecular formula is C25H27Cl2F3N4O4S. The van der Waals surface area contributed by atoms with Crippen LogP contribution in [0.4, 0.5) is 13.2 Å². The number of H-pyrrole nitrogens is 1. The number of aromatic amines is 1. The Hall–Kier alpha value is -2.38. The molecule has 0 bridgehead atoms. The Labute approximate surface area is 232 Å². The maximum atomic E-state index is 14.2. The summed E-state index contributed by atoms with van der Waals surface area (Å²) in [6, 6.07) is 4.65. The number of likely N-dealkylation sites (N-methyl/N-ethyl adjacent to an activating group) is 1. The smallest absolute Gasteiger partial charge is 0.318 e. The van der Waals surface area contributed by atoms with Crippen LogP contribution in [0.25, 0.3) is 10.9 Å². The molecule has 8 nitrogen and oxygen atoms in total. The molecule has 1 aliphatic heterocycles. The van der Waals surface area contributed by atoms with Crippen LogP contribution in [0.5, 0.6) is 0 Å². The lowest BCUT2D eigenvalue weighted by molar-refractivity contribution is -0.138. The fraction of sp³-hybridized carbons (Fsp3) is 0.440. The van der Waals surface area contributed by atoms with E-state index in [9.17, 15) is 31.2 Å². The van der Waals surface area contributed by atoms with Crippen molar-refractivity contribution >= 4 is 43.9 Å². The maximum absolute atomic E-state index is 14.2. The Morgan fingerprint density at radius 3 is 2.51 bits per heavy atom. The fourth-order valence-corrected chi connectivity index (χ4v) is 6.63. The Morgan fingerprint density at radius 1 is 1.15 bits per heavy atom. The van der Waals surface area contributed by atoms with E-state index in [0.29, 0.717) is 23.7 Å². The molecule has 1 atom stereocenters. The predicted octanol–water partition coefficient (Wildman–Crippen LogP) is 4.04. The van der Waals surface area contributed by atoms with E-state index in [4.69, 9.17) is 23.2 Å². The average Bonchev–Trinajstić information content (AvgIpc) is 3.29. The summed E-state index contributed by atoms with van der Waals surface area (Å²) in [4.78, 5) is 30.6. The quantitative estimate of drug-likeness (QED) is 0.401. The Morgan fingerprint density at radius 2 is 1.87 bits per heavy atom. The van der Waals surface area contributed by atoms with Gasteiger partial charge >= 0.3 is 11.9 Å². The van der Waals surface area contributed by atoms with Crippen LogP contribution < -0.4 is 16.6 Å². The minimum atomic E-state index is -4.83. The zero-order chi connectivity index (χ0) is 28.7. The number of benzene rings is 2. The number of aromatic nitrogens is 2. The molecule has 1 saturated heterocycles. The fourth-order valence-electron chi connectivity index (χ4n) is 5.02. The second kappa shape index (κ2) is 11.2. The first-order valence-electron chi connectivity index (χ1n) is 12.2. The largest absolute Gasteiger partial charge is 0.416 e. The van der Waals surface area contributed by atoms with Gasteiger partial charge in [-0.3, -0.25) is 14.3 Å². The van der Waals surface area contributed by atoms with Crippen molar-refractivity contribution in [2.75, 3.05) is 25.9 Å². The molecule has 1 unspecified atom stereocenters. The number of alkyl halides is 3. The highest BCUT2D eigenvalue weighted by Crippen LogP contribution is 2.39. The minimum Gasteiger partial charge on any atom is -0.318 e. The van der Waals surface area contributed by atoms with Gasteiger partial charge < -0.3 is 10.3 Å². The average molecular weight is 607 g/mol. The Kier molecular flexibility index (Phi) is 8.53. The Bertz CT molecular complexity index is 1640. The normalized spacial score (nSPS) is 16.8. The van der Waals surface area contributed by atoms with E-state index < -0.39 is 44.8 Å². The van der Waals surface area contributed by atoms with E-state index >= 15 is 0 Å². The molecule has 4 rings (SSSR count). The lowest BCUT2D eigenvalue weighted by Gasteiger charge is -2.26. The van der Waals surface area contributed by atoms with Gasteiger partial charge in [0.15, 0.2) is 9.84 Å². The molecule has 2 heterocycles. The molecule has 0 aliphatic carbocycles. The van der Waals surface area contributed by atoms with Gasteiger partial charge in [-0.25, -0.2) is 13.2 Å². The first-order chi connectivity index (χ1) is 18.3. The van der Waals surface area contributed by atoms with Gasteiger partial charge in [-0.05, 0) is 61.8 Å². The third-order valence-corrected chi connectivity index (χ3v) is 9.47. The van der Waals surface area contributed by atoms with Gasteiger partial charge in [0.1, 0.15) is 0 Å². The van der Waals surface area contributed by atoms with E-state index in [0.717, 1.165) is 12.8 Å². The SMILES string of the molecule is CCS(=O)(=O)c1ccc(Cl)cc1Cn1c(=O)[nH]c2c(Cl)c(CN3CCCC3CNC)c(C(F)(F)F)cc2c1=O. The number of hydrogen-bond acceptors (Lipinski definition) is 6. The van der Waals surface area contributed by atoms with E-state index in [1.165, 1.54) is 25.1 Å². The number of hydrogen-bond donors (Lipinski definition) is 2. The van der Waals surface area contributed by atoms with Crippen LogP contribution in [0.3, 0.4) is 0 Å². The summed E-state index contributed by atoms with van der Waals surface area (Å²) in [5.74, 6) is -0.246. The second-order valence-electron chi connectivity index (χ2n) is 9.44. The maximum Gasteiger partial charge on any atom is 0.416 e. The molecule has 1 aromatic heterocycles. The number of sulfone groups is 1. The van der Waals surface area contributed by atoms with Crippen LogP contribution in [0.1, 0.15) is 36.5 Å². The monoisotopic (exact) mass is 606 g/mol. The molecule has 39 heavy (non-hydrogen) atoms. The summed E-state index contributed by atoms with van der Waals surface area (Å²) in [6.07, 6.45) is -3.19. The minimum absolute atomic E-state index is 0.0150. The van der Waals surface area contributed by atoms with Gasteiger partial charge in [-0.1, -0.05) is 30.1 Å². The molecule has 2 N–H and O–H groups in total. The van der Waals surface area contributed by atoms with Crippen LogP contribution in [0.2, 0.25) is 10.0 Å². The molecule has 0 radical (unpaired) electrons. The lowest BCUT2D eigenvalue weighted by Crippen LogP contribution is -2.37. The van der Waals surface area contributed by atoms with Crippen molar-refractivity contribution in [2.24, 2.45) is 0 Å². The highest BCUT2D eigenvalue weighted by Gasteiger charge is 2.37. The summed E-state index contributed by atoms with van der Waals surface area (Å²) in [7, 11) is -1.99. The molecule has 3 aromatic rings.